The number of fused-ring (bicyclic) bond motifs is 2. The summed E-state index contributed by atoms with van der Waals surface area (Å²) >= 11 is 0. The molecule has 0 bridgehead atoms. The van der Waals surface area contributed by atoms with E-state index >= 15 is 0 Å². The average Bonchev–Trinajstić information content (AvgIpc) is 3.15. The van der Waals surface area contributed by atoms with Crippen LogP contribution in [-0.2, 0) is 10.8 Å². The Labute approximate surface area is 297 Å². The van der Waals surface area contributed by atoms with Crippen LogP contribution in [0, 0.1) is 0 Å². The number of hydrogen-bond donors (Lipinski definition) is 0. The van der Waals surface area contributed by atoms with E-state index in [1.54, 1.807) is 0 Å². The number of hydrogen-bond acceptors (Lipinski definition) is 2. The molecule has 0 atom stereocenters. The van der Waals surface area contributed by atoms with Crippen molar-refractivity contribution in [3.05, 3.63) is 181 Å². The molecule has 7 aromatic rings. The first kappa shape index (κ1) is 31.7. The first-order chi connectivity index (χ1) is 24.3. The molecule has 0 N–H and O–H groups in total. The Morgan fingerprint density at radius 1 is 0.380 bits per heavy atom. The van der Waals surface area contributed by atoms with E-state index in [0.717, 1.165) is 22.7 Å². The van der Waals surface area contributed by atoms with Gasteiger partial charge >= 0.3 is 0 Å². The number of anilines is 6. The molecule has 2 heteroatoms. The van der Waals surface area contributed by atoms with Crippen molar-refractivity contribution in [2.75, 3.05) is 9.80 Å². The van der Waals surface area contributed by atoms with Crippen molar-refractivity contribution in [2.24, 2.45) is 0 Å². The Morgan fingerprint density at radius 3 is 1.44 bits per heavy atom. The lowest BCUT2D eigenvalue weighted by molar-refractivity contribution is 0.332. The molecule has 0 unspecified atom stereocenters. The van der Waals surface area contributed by atoms with Gasteiger partial charge in [0, 0.05) is 33.8 Å². The third kappa shape index (κ3) is 5.86. The second-order valence-electron chi connectivity index (χ2n) is 14.9. The van der Waals surface area contributed by atoms with Crippen LogP contribution < -0.4 is 9.80 Å². The molecule has 0 spiro atoms. The fraction of sp³-hybridized carbons (Fsp3) is 0.167. The molecule has 8 rings (SSSR count). The van der Waals surface area contributed by atoms with E-state index in [2.05, 4.69) is 207 Å². The summed E-state index contributed by atoms with van der Waals surface area (Å²) in [5.74, 6) is 0. The highest BCUT2D eigenvalue weighted by Crippen LogP contribution is 2.49. The minimum Gasteiger partial charge on any atom is -0.311 e. The predicted molar refractivity (Wildman–Crippen MR) is 214 cm³/mol. The van der Waals surface area contributed by atoms with Gasteiger partial charge in [-0.2, -0.15) is 0 Å². The maximum Gasteiger partial charge on any atom is 0.0540 e. The molecule has 0 fully saturated rings. The van der Waals surface area contributed by atoms with Gasteiger partial charge in [-0.15, -0.1) is 0 Å². The summed E-state index contributed by atoms with van der Waals surface area (Å²) < 4.78 is 0. The summed E-state index contributed by atoms with van der Waals surface area (Å²) in [5, 5.41) is 2.49. The standard InChI is InChI=1S/C48H44N2/c1-47(2)32-33-48(3,4)45-34-42(30-31-44(45)47)50(46-21-13-15-37-14-11-12-20-43(37)46)41-28-24-36(25-29-41)35-22-26-40(27-23-35)49(38-16-7-5-8-17-38)39-18-9-6-10-19-39/h5-31,34H,32-33H2,1-4H3. The molecule has 7 aromatic carbocycles. The molecule has 246 valence electrons. The molecular formula is C48H44N2. The van der Waals surface area contributed by atoms with Crippen molar-refractivity contribution in [1.82, 2.24) is 0 Å². The molecular weight excluding hydrogens is 605 g/mol. The highest BCUT2D eigenvalue weighted by atomic mass is 15.1. The zero-order valence-corrected chi connectivity index (χ0v) is 29.5. The van der Waals surface area contributed by atoms with Gasteiger partial charge in [0.05, 0.1) is 5.69 Å². The van der Waals surface area contributed by atoms with Crippen molar-refractivity contribution in [1.29, 1.82) is 0 Å². The molecule has 0 aliphatic heterocycles. The first-order valence-electron chi connectivity index (χ1n) is 17.8. The van der Waals surface area contributed by atoms with Gasteiger partial charge in [-0.3, -0.25) is 0 Å². The van der Waals surface area contributed by atoms with E-state index < -0.39 is 0 Å². The summed E-state index contributed by atoms with van der Waals surface area (Å²) in [5.41, 5.74) is 12.6. The summed E-state index contributed by atoms with van der Waals surface area (Å²) in [6.07, 6.45) is 2.39. The molecule has 0 saturated heterocycles. The van der Waals surface area contributed by atoms with Crippen molar-refractivity contribution < 1.29 is 0 Å². The SMILES string of the molecule is CC1(C)CCC(C)(C)c2cc(N(c3ccc(-c4ccc(N(c5ccccc5)c5ccccc5)cc4)cc3)c3cccc4ccccc34)ccc21. The topological polar surface area (TPSA) is 6.48 Å². The molecule has 0 radical (unpaired) electrons. The van der Waals surface area contributed by atoms with Gasteiger partial charge in [0.1, 0.15) is 0 Å². The second-order valence-corrected chi connectivity index (χ2v) is 14.9. The Bertz CT molecular complexity index is 2200. The molecule has 1 aliphatic rings. The minimum atomic E-state index is 0.123. The van der Waals surface area contributed by atoms with Crippen LogP contribution in [0.15, 0.2) is 170 Å². The third-order valence-corrected chi connectivity index (χ3v) is 10.7. The Hall–Kier alpha value is -5.60. The Kier molecular flexibility index (Phi) is 8.04. The molecule has 50 heavy (non-hydrogen) atoms. The Morgan fingerprint density at radius 2 is 0.840 bits per heavy atom. The average molecular weight is 649 g/mol. The van der Waals surface area contributed by atoms with Crippen LogP contribution in [-0.4, -0.2) is 0 Å². The largest absolute Gasteiger partial charge is 0.311 e. The van der Waals surface area contributed by atoms with Gasteiger partial charge in [0.15, 0.2) is 0 Å². The monoisotopic (exact) mass is 648 g/mol. The van der Waals surface area contributed by atoms with E-state index in [1.807, 2.05) is 0 Å². The fourth-order valence-electron chi connectivity index (χ4n) is 7.75. The van der Waals surface area contributed by atoms with Crippen molar-refractivity contribution in [3.63, 3.8) is 0 Å². The van der Waals surface area contributed by atoms with Crippen LogP contribution in [0.4, 0.5) is 34.1 Å². The molecule has 1 aliphatic carbocycles. The smallest absolute Gasteiger partial charge is 0.0540 e. The maximum atomic E-state index is 2.47. The lowest BCUT2D eigenvalue weighted by Crippen LogP contribution is -2.34. The van der Waals surface area contributed by atoms with Gasteiger partial charge in [-0.05, 0) is 118 Å². The molecule has 0 heterocycles. The molecule has 0 saturated carbocycles. The van der Waals surface area contributed by atoms with Crippen LogP contribution in [0.2, 0.25) is 0 Å². The van der Waals surface area contributed by atoms with Crippen LogP contribution in [0.25, 0.3) is 21.9 Å². The number of para-hydroxylation sites is 2. The quantitative estimate of drug-likeness (QED) is 0.170. The van der Waals surface area contributed by atoms with Crippen LogP contribution in [0.5, 0.6) is 0 Å². The highest BCUT2D eigenvalue weighted by Gasteiger charge is 2.37. The van der Waals surface area contributed by atoms with E-state index in [4.69, 9.17) is 0 Å². The van der Waals surface area contributed by atoms with Crippen molar-refractivity contribution in [2.45, 2.75) is 51.4 Å². The lowest BCUT2D eigenvalue weighted by atomic mass is 9.63. The summed E-state index contributed by atoms with van der Waals surface area (Å²) in [6.45, 7) is 9.61. The van der Waals surface area contributed by atoms with Gasteiger partial charge < -0.3 is 9.80 Å². The van der Waals surface area contributed by atoms with Crippen LogP contribution >= 0.6 is 0 Å². The zero-order chi connectivity index (χ0) is 34.3. The number of benzene rings is 7. The highest BCUT2D eigenvalue weighted by molar-refractivity contribution is 5.99. The van der Waals surface area contributed by atoms with Crippen molar-refractivity contribution >= 4 is 44.9 Å². The first-order valence-corrected chi connectivity index (χ1v) is 17.8. The number of nitrogens with zero attached hydrogens (tertiary/aromatic N) is 2. The minimum absolute atomic E-state index is 0.123. The zero-order valence-electron chi connectivity index (χ0n) is 29.5. The van der Waals surface area contributed by atoms with Crippen molar-refractivity contribution in [3.8, 4) is 11.1 Å². The second kappa shape index (κ2) is 12.7. The van der Waals surface area contributed by atoms with Crippen LogP contribution in [0.1, 0.15) is 51.7 Å². The summed E-state index contributed by atoms with van der Waals surface area (Å²) in [7, 11) is 0. The molecule has 0 amide bonds. The predicted octanol–water partition coefficient (Wildman–Crippen LogP) is 13.8. The summed E-state index contributed by atoms with van der Waals surface area (Å²) in [6, 6.07) is 61.7. The molecule has 2 nitrogen and oxygen atoms in total. The van der Waals surface area contributed by atoms with Gasteiger partial charge in [-0.25, -0.2) is 0 Å². The lowest BCUT2D eigenvalue weighted by Gasteiger charge is -2.42. The van der Waals surface area contributed by atoms with Crippen LogP contribution in [0.3, 0.4) is 0 Å². The summed E-state index contributed by atoms with van der Waals surface area (Å²) in [4.78, 5) is 4.75. The van der Waals surface area contributed by atoms with E-state index in [-0.39, 0.29) is 10.8 Å². The van der Waals surface area contributed by atoms with Gasteiger partial charge in [0.25, 0.3) is 0 Å². The number of rotatable bonds is 7. The van der Waals surface area contributed by atoms with Gasteiger partial charge in [0.2, 0.25) is 0 Å². The third-order valence-electron chi connectivity index (χ3n) is 10.7. The Balaban J connectivity index is 1.18. The maximum absolute atomic E-state index is 2.47. The molecule has 0 aromatic heterocycles. The normalized spacial score (nSPS) is 14.6. The van der Waals surface area contributed by atoms with E-state index in [9.17, 15) is 0 Å². The van der Waals surface area contributed by atoms with E-state index in [1.165, 1.54) is 57.2 Å². The van der Waals surface area contributed by atoms with E-state index in [0.29, 0.717) is 0 Å². The van der Waals surface area contributed by atoms with Gasteiger partial charge in [-0.1, -0.05) is 131 Å². The fourth-order valence-corrected chi connectivity index (χ4v) is 7.75.